The summed E-state index contributed by atoms with van der Waals surface area (Å²) in [6, 6.07) is 13.4. The van der Waals surface area contributed by atoms with Gasteiger partial charge in [0.05, 0.1) is 0 Å². The molecule has 0 aliphatic carbocycles. The van der Waals surface area contributed by atoms with Gasteiger partial charge in [-0.2, -0.15) is 0 Å². The lowest BCUT2D eigenvalue weighted by Gasteiger charge is -2.09. The van der Waals surface area contributed by atoms with E-state index in [4.69, 9.17) is 0 Å². The van der Waals surface area contributed by atoms with Crippen LogP contribution < -0.4 is 16.2 Å². The van der Waals surface area contributed by atoms with E-state index < -0.39 is 5.82 Å². The van der Waals surface area contributed by atoms with Gasteiger partial charge in [0.15, 0.2) is 0 Å². The highest BCUT2D eigenvalue weighted by Crippen LogP contribution is 2.13. The van der Waals surface area contributed by atoms with Crippen molar-refractivity contribution < 1.29 is 14.0 Å². The van der Waals surface area contributed by atoms with Gasteiger partial charge < -0.3 is 15.2 Å². The highest BCUT2D eigenvalue weighted by atomic mass is 19.1. The Morgan fingerprint density at radius 2 is 1.86 bits per heavy atom. The lowest BCUT2D eigenvalue weighted by molar-refractivity contribution is -0.121. The molecule has 3 rings (SSSR count). The van der Waals surface area contributed by atoms with Gasteiger partial charge in [-0.05, 0) is 42.1 Å². The second-order valence-electron chi connectivity index (χ2n) is 6.45. The summed E-state index contributed by atoms with van der Waals surface area (Å²) in [7, 11) is 0. The molecule has 0 unspecified atom stereocenters. The summed E-state index contributed by atoms with van der Waals surface area (Å²) < 4.78 is 14.8. The van der Waals surface area contributed by atoms with Crippen molar-refractivity contribution in [2.24, 2.45) is 0 Å². The number of nitrogens with zero attached hydrogens (tertiary/aromatic N) is 1. The van der Waals surface area contributed by atoms with Crippen LogP contribution in [0.3, 0.4) is 0 Å². The Kier molecular flexibility index (Phi) is 5.84. The first kappa shape index (κ1) is 19.3. The summed E-state index contributed by atoms with van der Waals surface area (Å²) in [5, 5.41) is 6.54. The van der Waals surface area contributed by atoms with Crippen LogP contribution in [0.1, 0.15) is 12.0 Å². The molecule has 0 atom stereocenters. The average molecular weight is 381 g/mol. The maximum absolute atomic E-state index is 13.5. The van der Waals surface area contributed by atoms with Crippen LogP contribution in [0, 0.1) is 12.7 Å². The molecule has 6 nitrogen and oxygen atoms in total. The van der Waals surface area contributed by atoms with Crippen molar-refractivity contribution in [2.75, 3.05) is 11.9 Å². The van der Waals surface area contributed by atoms with Gasteiger partial charge in [0.2, 0.25) is 11.8 Å². The molecule has 144 valence electrons. The number of rotatable bonds is 6. The van der Waals surface area contributed by atoms with E-state index in [0.29, 0.717) is 16.6 Å². The fourth-order valence-electron chi connectivity index (χ4n) is 2.77. The molecule has 0 saturated carbocycles. The molecule has 1 heterocycles. The number of nitrogens with one attached hydrogen (secondary N) is 2. The Morgan fingerprint density at radius 1 is 1.07 bits per heavy atom. The van der Waals surface area contributed by atoms with E-state index in [1.165, 1.54) is 10.6 Å². The number of amides is 2. The van der Waals surface area contributed by atoms with Gasteiger partial charge in [0.1, 0.15) is 12.4 Å². The maximum Gasteiger partial charge on any atom is 0.258 e. The number of benzene rings is 2. The molecule has 0 spiro atoms. The summed E-state index contributed by atoms with van der Waals surface area (Å²) >= 11 is 0. The van der Waals surface area contributed by atoms with Crippen molar-refractivity contribution in [2.45, 2.75) is 19.9 Å². The van der Waals surface area contributed by atoms with Crippen LogP contribution in [-0.2, 0) is 16.1 Å². The first-order chi connectivity index (χ1) is 13.4. The molecule has 0 fully saturated rings. The van der Waals surface area contributed by atoms with Crippen LogP contribution in [0.5, 0.6) is 0 Å². The van der Waals surface area contributed by atoms with E-state index in [9.17, 15) is 18.8 Å². The SMILES string of the molecule is Cc1ccc(NC(=O)CCNC(=O)Cn2ccc3ccccc3c2=O)cc1F. The van der Waals surface area contributed by atoms with Gasteiger partial charge in [0.25, 0.3) is 5.56 Å². The van der Waals surface area contributed by atoms with Gasteiger partial charge in [-0.3, -0.25) is 14.4 Å². The highest BCUT2D eigenvalue weighted by molar-refractivity contribution is 5.91. The highest BCUT2D eigenvalue weighted by Gasteiger charge is 2.09. The van der Waals surface area contributed by atoms with E-state index in [-0.39, 0.29) is 36.9 Å². The van der Waals surface area contributed by atoms with Gasteiger partial charge in [-0.1, -0.05) is 24.3 Å². The van der Waals surface area contributed by atoms with E-state index in [1.54, 1.807) is 43.5 Å². The molecule has 0 radical (unpaired) electrons. The zero-order valence-electron chi connectivity index (χ0n) is 15.4. The number of anilines is 1. The van der Waals surface area contributed by atoms with Crippen molar-refractivity contribution >= 4 is 28.3 Å². The number of aryl methyl sites for hydroxylation is 1. The summed E-state index contributed by atoms with van der Waals surface area (Å²) in [4.78, 5) is 36.4. The molecular formula is C21H20FN3O3. The maximum atomic E-state index is 13.5. The molecule has 0 saturated heterocycles. The zero-order valence-corrected chi connectivity index (χ0v) is 15.4. The second kappa shape index (κ2) is 8.47. The molecule has 7 heteroatoms. The minimum Gasteiger partial charge on any atom is -0.354 e. The number of pyridine rings is 1. The smallest absolute Gasteiger partial charge is 0.258 e. The van der Waals surface area contributed by atoms with Gasteiger partial charge in [0, 0.05) is 30.2 Å². The number of carbonyl (C=O) groups excluding carboxylic acids is 2. The average Bonchev–Trinajstić information content (AvgIpc) is 2.67. The fraction of sp³-hybridized carbons (Fsp3) is 0.190. The molecule has 0 aliphatic rings. The van der Waals surface area contributed by atoms with Crippen molar-refractivity contribution in [3.8, 4) is 0 Å². The first-order valence-corrected chi connectivity index (χ1v) is 8.85. The van der Waals surface area contributed by atoms with Crippen LogP contribution in [0.25, 0.3) is 10.8 Å². The van der Waals surface area contributed by atoms with Gasteiger partial charge >= 0.3 is 0 Å². The van der Waals surface area contributed by atoms with Crippen molar-refractivity contribution in [1.29, 1.82) is 0 Å². The Labute approximate surface area is 161 Å². The first-order valence-electron chi connectivity index (χ1n) is 8.85. The molecule has 0 aliphatic heterocycles. The fourth-order valence-corrected chi connectivity index (χ4v) is 2.77. The second-order valence-corrected chi connectivity index (χ2v) is 6.45. The Balaban J connectivity index is 1.50. The predicted octanol–water partition coefficient (Wildman–Crippen LogP) is 2.59. The molecule has 1 aromatic heterocycles. The predicted molar refractivity (Wildman–Crippen MR) is 106 cm³/mol. The normalized spacial score (nSPS) is 10.6. The number of aromatic nitrogens is 1. The minimum absolute atomic E-state index is 0.0356. The molecule has 0 bridgehead atoms. The quantitative estimate of drug-likeness (QED) is 0.689. The zero-order chi connectivity index (χ0) is 20.1. The van der Waals surface area contributed by atoms with E-state index in [1.807, 2.05) is 12.1 Å². The van der Waals surface area contributed by atoms with Crippen molar-refractivity contribution in [1.82, 2.24) is 9.88 Å². The minimum atomic E-state index is -0.396. The Hall–Kier alpha value is -3.48. The number of halogens is 1. The van der Waals surface area contributed by atoms with Crippen LogP contribution in [0.2, 0.25) is 0 Å². The van der Waals surface area contributed by atoms with E-state index >= 15 is 0 Å². The Morgan fingerprint density at radius 3 is 2.64 bits per heavy atom. The lowest BCUT2D eigenvalue weighted by Crippen LogP contribution is -2.33. The third-order valence-electron chi connectivity index (χ3n) is 4.33. The van der Waals surface area contributed by atoms with Crippen molar-refractivity contribution in [3.63, 3.8) is 0 Å². The standard InChI is InChI=1S/C21H20FN3O3/c1-14-6-7-16(12-18(14)22)24-19(26)8-10-23-20(27)13-25-11-9-15-4-2-3-5-17(15)21(25)28/h2-7,9,11-12H,8,10,13H2,1H3,(H,23,27)(H,24,26). The summed E-state index contributed by atoms with van der Waals surface area (Å²) in [6.45, 7) is 1.62. The van der Waals surface area contributed by atoms with Gasteiger partial charge in [-0.25, -0.2) is 4.39 Å². The number of hydrogen-bond acceptors (Lipinski definition) is 3. The largest absolute Gasteiger partial charge is 0.354 e. The number of hydrogen-bond donors (Lipinski definition) is 2. The third kappa shape index (κ3) is 4.62. The lowest BCUT2D eigenvalue weighted by atomic mass is 10.2. The van der Waals surface area contributed by atoms with Crippen LogP contribution in [0.15, 0.2) is 59.5 Å². The molecule has 3 aromatic rings. The topological polar surface area (TPSA) is 80.2 Å². The number of carbonyl (C=O) groups is 2. The summed E-state index contributed by atoms with van der Waals surface area (Å²) in [5.41, 5.74) is 0.615. The third-order valence-corrected chi connectivity index (χ3v) is 4.33. The van der Waals surface area contributed by atoms with E-state index in [0.717, 1.165) is 5.39 Å². The van der Waals surface area contributed by atoms with Gasteiger partial charge in [-0.15, -0.1) is 0 Å². The van der Waals surface area contributed by atoms with Crippen LogP contribution >= 0.6 is 0 Å². The molecule has 2 amide bonds. The number of fused-ring (bicyclic) bond motifs is 1. The molecule has 2 N–H and O–H groups in total. The van der Waals surface area contributed by atoms with Crippen LogP contribution in [-0.4, -0.2) is 22.9 Å². The summed E-state index contributed by atoms with van der Waals surface area (Å²) in [5.74, 6) is -1.11. The van der Waals surface area contributed by atoms with E-state index in [2.05, 4.69) is 10.6 Å². The van der Waals surface area contributed by atoms with Crippen LogP contribution in [0.4, 0.5) is 10.1 Å². The summed E-state index contributed by atoms with van der Waals surface area (Å²) in [6.07, 6.45) is 1.61. The molecular weight excluding hydrogens is 361 g/mol. The monoisotopic (exact) mass is 381 g/mol. The molecule has 28 heavy (non-hydrogen) atoms. The molecule has 2 aromatic carbocycles. The Bertz CT molecular complexity index is 1090. The van der Waals surface area contributed by atoms with Crippen molar-refractivity contribution in [3.05, 3.63) is 76.5 Å².